The second-order valence-electron chi connectivity index (χ2n) is 8.26. The van der Waals surface area contributed by atoms with Gasteiger partial charge in [-0.15, -0.1) is 0 Å². The highest BCUT2D eigenvalue weighted by Crippen LogP contribution is 2.23. The third-order valence-electron chi connectivity index (χ3n) is 5.64. The largest absolute Gasteiger partial charge is 0.490 e. The fourth-order valence-corrected chi connectivity index (χ4v) is 3.67. The molecule has 0 aliphatic heterocycles. The van der Waals surface area contributed by atoms with Crippen LogP contribution >= 0.6 is 0 Å². The van der Waals surface area contributed by atoms with Gasteiger partial charge in [0.15, 0.2) is 0 Å². The third-order valence-corrected chi connectivity index (χ3v) is 5.64. The second kappa shape index (κ2) is 13.1. The molecule has 0 fully saturated rings. The monoisotopic (exact) mass is 483 g/mol. The number of aryl methyl sites for hydroxylation is 1. The molecule has 0 saturated heterocycles. The maximum Gasteiger partial charge on any atom is 0.335 e. The summed E-state index contributed by atoms with van der Waals surface area (Å²) < 4.78 is 17.2. The van der Waals surface area contributed by atoms with E-state index in [1.165, 1.54) is 17.7 Å². The predicted octanol–water partition coefficient (Wildman–Crippen LogP) is 6.05. The molecule has 0 aliphatic carbocycles. The molecule has 0 saturated carbocycles. The summed E-state index contributed by atoms with van der Waals surface area (Å²) in [6.07, 6.45) is 5.63. The zero-order chi connectivity index (χ0) is 25.0. The van der Waals surface area contributed by atoms with Gasteiger partial charge in [0.2, 0.25) is 0 Å². The first-order chi connectivity index (χ1) is 17.7. The number of pyridine rings is 1. The van der Waals surface area contributed by atoms with Crippen LogP contribution in [-0.4, -0.2) is 35.9 Å². The van der Waals surface area contributed by atoms with Crippen LogP contribution in [0.1, 0.15) is 27.9 Å². The number of benzene rings is 3. The number of rotatable bonds is 13. The first kappa shape index (κ1) is 24.9. The molecule has 184 valence electrons. The number of aromatic nitrogens is 1. The van der Waals surface area contributed by atoms with Crippen molar-refractivity contribution in [2.45, 2.75) is 19.4 Å². The van der Waals surface area contributed by atoms with Gasteiger partial charge in [0, 0.05) is 19.0 Å². The van der Waals surface area contributed by atoms with Crippen LogP contribution in [0, 0.1) is 0 Å². The number of ether oxygens (including phenoxy) is 3. The minimum atomic E-state index is -0.957. The van der Waals surface area contributed by atoms with E-state index in [1.807, 2.05) is 48.8 Å². The molecule has 0 unspecified atom stereocenters. The SMILES string of the molecule is O=C(O)c1ccc(OCCOc2ccc(-c3ccc(COCCCc4ccncc4)cc3)cc2)cc1. The lowest BCUT2D eigenvalue weighted by Gasteiger charge is -2.10. The number of hydrogen-bond acceptors (Lipinski definition) is 5. The van der Waals surface area contributed by atoms with Gasteiger partial charge in [-0.3, -0.25) is 4.98 Å². The lowest BCUT2D eigenvalue weighted by molar-refractivity contribution is 0.0697. The Morgan fingerprint density at radius 1 is 0.667 bits per heavy atom. The van der Waals surface area contributed by atoms with Crippen molar-refractivity contribution in [1.82, 2.24) is 4.98 Å². The summed E-state index contributed by atoms with van der Waals surface area (Å²) in [6.45, 7) is 2.08. The van der Waals surface area contributed by atoms with E-state index in [0.717, 1.165) is 41.9 Å². The highest BCUT2D eigenvalue weighted by Gasteiger charge is 2.03. The highest BCUT2D eigenvalue weighted by atomic mass is 16.5. The number of nitrogens with zero attached hydrogens (tertiary/aromatic N) is 1. The lowest BCUT2D eigenvalue weighted by Crippen LogP contribution is -2.09. The molecule has 0 bridgehead atoms. The van der Waals surface area contributed by atoms with Gasteiger partial charge in [0.1, 0.15) is 24.7 Å². The Morgan fingerprint density at radius 3 is 1.81 bits per heavy atom. The van der Waals surface area contributed by atoms with E-state index in [2.05, 4.69) is 29.2 Å². The molecule has 6 heteroatoms. The zero-order valence-electron chi connectivity index (χ0n) is 20.0. The number of carboxylic acid groups (broad SMARTS) is 1. The van der Waals surface area contributed by atoms with E-state index in [0.29, 0.717) is 25.6 Å². The molecule has 4 rings (SSSR count). The Hall–Kier alpha value is -4.16. The average molecular weight is 484 g/mol. The van der Waals surface area contributed by atoms with Crippen LogP contribution in [0.3, 0.4) is 0 Å². The standard InChI is InChI=1S/C30H29NO5/c32-30(33)27-9-13-29(14-10-27)36-21-20-35-28-11-7-26(8-12-28)25-5-3-24(4-6-25)22-34-19-1-2-23-15-17-31-18-16-23/h3-18H,1-2,19-22H2,(H,32,33). The van der Waals surface area contributed by atoms with E-state index >= 15 is 0 Å². The fourth-order valence-electron chi connectivity index (χ4n) is 3.67. The number of carboxylic acids is 1. The van der Waals surface area contributed by atoms with Crippen molar-refractivity contribution in [3.05, 3.63) is 114 Å². The second-order valence-corrected chi connectivity index (χ2v) is 8.26. The lowest BCUT2D eigenvalue weighted by atomic mass is 10.0. The molecule has 1 heterocycles. The number of hydrogen-bond donors (Lipinski definition) is 1. The normalized spacial score (nSPS) is 10.7. The Kier molecular flexibility index (Phi) is 9.06. The molecule has 0 radical (unpaired) electrons. The van der Waals surface area contributed by atoms with Crippen LogP contribution in [0.25, 0.3) is 11.1 Å². The van der Waals surface area contributed by atoms with Gasteiger partial charge >= 0.3 is 5.97 Å². The predicted molar refractivity (Wildman–Crippen MR) is 138 cm³/mol. The van der Waals surface area contributed by atoms with E-state index in [4.69, 9.17) is 19.3 Å². The molecule has 1 aromatic heterocycles. The van der Waals surface area contributed by atoms with Gasteiger partial charge in [-0.25, -0.2) is 4.79 Å². The van der Waals surface area contributed by atoms with Crippen LogP contribution in [0.2, 0.25) is 0 Å². The Labute approximate surface area is 211 Å². The van der Waals surface area contributed by atoms with Gasteiger partial charge < -0.3 is 19.3 Å². The van der Waals surface area contributed by atoms with Crippen molar-refractivity contribution >= 4 is 5.97 Å². The fraction of sp³-hybridized carbons (Fsp3) is 0.200. The topological polar surface area (TPSA) is 77.9 Å². The van der Waals surface area contributed by atoms with Crippen molar-refractivity contribution < 1.29 is 24.1 Å². The van der Waals surface area contributed by atoms with E-state index < -0.39 is 5.97 Å². The van der Waals surface area contributed by atoms with Crippen LogP contribution in [0.4, 0.5) is 0 Å². The summed E-state index contributed by atoms with van der Waals surface area (Å²) in [5, 5.41) is 8.93. The van der Waals surface area contributed by atoms with E-state index in [9.17, 15) is 4.79 Å². The van der Waals surface area contributed by atoms with Gasteiger partial charge in [0.05, 0.1) is 12.2 Å². The minimum Gasteiger partial charge on any atom is -0.490 e. The van der Waals surface area contributed by atoms with Crippen molar-refractivity contribution in [1.29, 1.82) is 0 Å². The van der Waals surface area contributed by atoms with Gasteiger partial charge in [0.25, 0.3) is 0 Å². The van der Waals surface area contributed by atoms with Crippen molar-refractivity contribution in [2.75, 3.05) is 19.8 Å². The summed E-state index contributed by atoms with van der Waals surface area (Å²) in [7, 11) is 0. The zero-order valence-corrected chi connectivity index (χ0v) is 20.0. The number of carbonyl (C=O) groups is 1. The third kappa shape index (κ3) is 7.68. The Bertz CT molecular complexity index is 1210. The van der Waals surface area contributed by atoms with E-state index in [1.54, 1.807) is 12.1 Å². The van der Waals surface area contributed by atoms with Crippen molar-refractivity contribution in [2.24, 2.45) is 0 Å². The molecule has 0 atom stereocenters. The van der Waals surface area contributed by atoms with Crippen LogP contribution < -0.4 is 9.47 Å². The summed E-state index contributed by atoms with van der Waals surface area (Å²) in [5.74, 6) is 0.417. The highest BCUT2D eigenvalue weighted by molar-refractivity contribution is 5.87. The molecule has 6 nitrogen and oxygen atoms in total. The smallest absolute Gasteiger partial charge is 0.335 e. The molecule has 3 aromatic carbocycles. The quantitative estimate of drug-likeness (QED) is 0.233. The van der Waals surface area contributed by atoms with Crippen LogP contribution in [0.5, 0.6) is 11.5 Å². The first-order valence-electron chi connectivity index (χ1n) is 11.9. The molecule has 0 amide bonds. The van der Waals surface area contributed by atoms with Crippen molar-refractivity contribution in [3.63, 3.8) is 0 Å². The first-order valence-corrected chi connectivity index (χ1v) is 11.9. The molecule has 0 spiro atoms. The molecule has 0 aliphatic rings. The summed E-state index contributed by atoms with van der Waals surface area (Å²) in [6, 6.07) is 26.8. The van der Waals surface area contributed by atoms with Crippen LogP contribution in [-0.2, 0) is 17.8 Å². The molecular weight excluding hydrogens is 454 g/mol. The Morgan fingerprint density at radius 2 is 1.22 bits per heavy atom. The Balaban J connectivity index is 1.16. The minimum absolute atomic E-state index is 0.231. The van der Waals surface area contributed by atoms with Gasteiger partial charge in [-0.2, -0.15) is 0 Å². The molecule has 4 aromatic rings. The summed E-state index contributed by atoms with van der Waals surface area (Å²) in [5.41, 5.74) is 4.92. The summed E-state index contributed by atoms with van der Waals surface area (Å²) >= 11 is 0. The maximum atomic E-state index is 10.9. The van der Waals surface area contributed by atoms with E-state index in [-0.39, 0.29) is 5.56 Å². The van der Waals surface area contributed by atoms with Gasteiger partial charge in [-0.05, 0) is 83.6 Å². The maximum absolute atomic E-state index is 10.9. The van der Waals surface area contributed by atoms with Gasteiger partial charge in [-0.1, -0.05) is 36.4 Å². The molecular formula is C30H29NO5. The summed E-state index contributed by atoms with van der Waals surface area (Å²) in [4.78, 5) is 14.9. The molecule has 1 N–H and O–H groups in total. The van der Waals surface area contributed by atoms with Crippen molar-refractivity contribution in [3.8, 4) is 22.6 Å². The number of aromatic carboxylic acids is 1. The average Bonchev–Trinajstić information content (AvgIpc) is 2.92. The van der Waals surface area contributed by atoms with Crippen LogP contribution in [0.15, 0.2) is 97.3 Å². The molecule has 36 heavy (non-hydrogen) atoms.